The Kier molecular flexibility index (Phi) is 8.17. The fourth-order valence-electron chi connectivity index (χ4n) is 5.29. The van der Waals surface area contributed by atoms with Crippen LogP contribution in [0.4, 0.5) is 5.69 Å². The molecule has 0 amide bonds. The predicted octanol–water partition coefficient (Wildman–Crippen LogP) is 7.42. The van der Waals surface area contributed by atoms with Crippen LogP contribution in [-0.2, 0) is 6.42 Å². The van der Waals surface area contributed by atoms with Crippen LogP contribution in [0.5, 0.6) is 0 Å². The minimum atomic E-state index is -0.270. The van der Waals surface area contributed by atoms with Gasteiger partial charge in [0.05, 0.1) is 4.92 Å². The first-order valence-corrected chi connectivity index (χ1v) is 12.2. The van der Waals surface area contributed by atoms with Crippen molar-refractivity contribution >= 4 is 35.8 Å². The molecular weight excluding hydrogens is 456 g/mol. The molecule has 3 aromatic rings. The SMILES string of the molecule is Cl.O=[N+]([O-])c1ccccc1CCCCN1CCC(=C2c3ccccc3C=Cc3ccccc32)CC1. The highest BCUT2D eigenvalue weighted by Gasteiger charge is 2.22. The molecule has 180 valence electrons. The second kappa shape index (κ2) is 11.5. The zero-order chi connectivity index (χ0) is 23.3. The average molecular weight is 487 g/mol. The molecule has 0 saturated carbocycles. The Morgan fingerprint density at radius 1 is 0.771 bits per heavy atom. The topological polar surface area (TPSA) is 46.4 Å². The Bertz CT molecular complexity index is 1200. The van der Waals surface area contributed by atoms with Crippen LogP contribution in [0, 0.1) is 10.1 Å². The van der Waals surface area contributed by atoms with Crippen molar-refractivity contribution in [1.29, 1.82) is 0 Å². The number of benzene rings is 3. The van der Waals surface area contributed by atoms with Gasteiger partial charge in [-0.15, -0.1) is 12.4 Å². The van der Waals surface area contributed by atoms with Crippen molar-refractivity contribution in [3.8, 4) is 0 Å². The van der Waals surface area contributed by atoms with Crippen LogP contribution in [0.1, 0.15) is 53.5 Å². The van der Waals surface area contributed by atoms with E-state index in [0.29, 0.717) is 0 Å². The molecule has 0 atom stereocenters. The van der Waals surface area contributed by atoms with Gasteiger partial charge in [-0.1, -0.05) is 84.5 Å². The second-order valence-corrected chi connectivity index (χ2v) is 9.17. The minimum Gasteiger partial charge on any atom is -0.303 e. The summed E-state index contributed by atoms with van der Waals surface area (Å²) in [4.78, 5) is 13.5. The van der Waals surface area contributed by atoms with E-state index in [2.05, 4.69) is 65.6 Å². The monoisotopic (exact) mass is 486 g/mol. The van der Waals surface area contributed by atoms with Crippen molar-refractivity contribution in [1.82, 2.24) is 4.90 Å². The number of nitro benzene ring substituents is 1. The number of likely N-dealkylation sites (tertiary alicyclic amines) is 1. The van der Waals surface area contributed by atoms with Crippen LogP contribution in [0.3, 0.4) is 0 Å². The van der Waals surface area contributed by atoms with Gasteiger partial charge in [0.1, 0.15) is 0 Å². The highest BCUT2D eigenvalue weighted by atomic mass is 35.5. The van der Waals surface area contributed by atoms with E-state index in [1.165, 1.54) is 27.8 Å². The van der Waals surface area contributed by atoms with Crippen LogP contribution >= 0.6 is 12.4 Å². The fourth-order valence-corrected chi connectivity index (χ4v) is 5.29. The van der Waals surface area contributed by atoms with Gasteiger partial charge in [0.25, 0.3) is 5.69 Å². The summed E-state index contributed by atoms with van der Waals surface area (Å²) in [6, 6.07) is 24.6. The van der Waals surface area contributed by atoms with Crippen LogP contribution in [0.25, 0.3) is 17.7 Å². The van der Waals surface area contributed by atoms with Gasteiger partial charge in [-0.3, -0.25) is 10.1 Å². The molecule has 1 saturated heterocycles. The molecule has 1 heterocycles. The standard InChI is InChI=1S/C30H30N2O2.ClH/c33-32(34)29-15-6-3-11-25(29)12-7-8-20-31-21-18-26(19-22-31)30-27-13-4-1-9-23(27)16-17-24-10-2-5-14-28(24)30;/h1-6,9-11,13-17H,7-8,12,18-22H2;1H. The summed E-state index contributed by atoms with van der Waals surface area (Å²) in [7, 11) is 0. The minimum absolute atomic E-state index is 0. The first kappa shape index (κ1) is 24.9. The van der Waals surface area contributed by atoms with Gasteiger partial charge in [-0.05, 0) is 66.5 Å². The maximum atomic E-state index is 11.2. The molecule has 0 spiro atoms. The molecular formula is C30H31ClN2O2. The summed E-state index contributed by atoms with van der Waals surface area (Å²) in [5.74, 6) is 0. The zero-order valence-electron chi connectivity index (χ0n) is 19.9. The molecule has 1 fully saturated rings. The van der Waals surface area contributed by atoms with E-state index < -0.39 is 0 Å². The quantitative estimate of drug-likeness (QED) is 0.162. The van der Waals surface area contributed by atoms with Gasteiger partial charge in [-0.2, -0.15) is 0 Å². The third-order valence-corrected chi connectivity index (χ3v) is 7.07. The Labute approximate surface area is 213 Å². The number of hydrogen-bond donors (Lipinski definition) is 0. The number of nitro groups is 1. The van der Waals surface area contributed by atoms with E-state index in [9.17, 15) is 10.1 Å². The summed E-state index contributed by atoms with van der Waals surface area (Å²) >= 11 is 0. The first-order valence-electron chi connectivity index (χ1n) is 12.2. The number of hydrogen-bond acceptors (Lipinski definition) is 3. The van der Waals surface area contributed by atoms with Crippen molar-refractivity contribution in [2.45, 2.75) is 32.1 Å². The number of nitrogens with zero attached hydrogens (tertiary/aromatic N) is 2. The summed E-state index contributed by atoms with van der Waals surface area (Å²) in [5, 5.41) is 11.2. The Morgan fingerprint density at radius 3 is 1.97 bits per heavy atom. The highest BCUT2D eigenvalue weighted by molar-refractivity contribution is 5.94. The molecule has 3 aromatic carbocycles. The van der Waals surface area contributed by atoms with Gasteiger partial charge in [0.15, 0.2) is 0 Å². The molecule has 0 N–H and O–H groups in total. The lowest BCUT2D eigenvalue weighted by atomic mass is 9.86. The average Bonchev–Trinajstić information content (AvgIpc) is 3.04. The lowest BCUT2D eigenvalue weighted by Gasteiger charge is -2.30. The van der Waals surface area contributed by atoms with Gasteiger partial charge < -0.3 is 4.90 Å². The number of fused-ring (bicyclic) bond motifs is 2. The van der Waals surface area contributed by atoms with Crippen molar-refractivity contribution in [2.24, 2.45) is 0 Å². The van der Waals surface area contributed by atoms with E-state index in [-0.39, 0.29) is 23.0 Å². The largest absolute Gasteiger partial charge is 0.303 e. The van der Waals surface area contributed by atoms with Crippen LogP contribution in [-0.4, -0.2) is 29.5 Å². The van der Waals surface area contributed by atoms with Gasteiger partial charge in [-0.25, -0.2) is 0 Å². The van der Waals surface area contributed by atoms with E-state index in [1.54, 1.807) is 17.7 Å². The van der Waals surface area contributed by atoms with E-state index in [0.717, 1.165) is 57.3 Å². The van der Waals surface area contributed by atoms with Crippen LogP contribution in [0.2, 0.25) is 0 Å². The molecule has 4 nitrogen and oxygen atoms in total. The normalized spacial score (nSPS) is 15.1. The number of piperidine rings is 1. The van der Waals surface area contributed by atoms with Gasteiger partial charge >= 0.3 is 0 Å². The molecule has 1 aliphatic heterocycles. The number of halogens is 1. The lowest BCUT2D eigenvalue weighted by Crippen LogP contribution is -2.32. The first-order chi connectivity index (χ1) is 16.7. The lowest BCUT2D eigenvalue weighted by molar-refractivity contribution is -0.385. The van der Waals surface area contributed by atoms with E-state index in [4.69, 9.17) is 0 Å². The van der Waals surface area contributed by atoms with Crippen molar-refractivity contribution in [3.05, 3.63) is 116 Å². The smallest absolute Gasteiger partial charge is 0.272 e. The number of unbranched alkanes of at least 4 members (excludes halogenated alkanes) is 1. The summed E-state index contributed by atoms with van der Waals surface area (Å²) in [5.41, 5.74) is 9.34. The Hall–Kier alpha value is -3.21. The third kappa shape index (κ3) is 5.55. The van der Waals surface area contributed by atoms with Crippen LogP contribution < -0.4 is 0 Å². The van der Waals surface area contributed by atoms with Crippen LogP contribution in [0.15, 0.2) is 78.4 Å². The molecule has 2 aliphatic rings. The fraction of sp³-hybridized carbons (Fsp3) is 0.267. The van der Waals surface area contributed by atoms with Crippen molar-refractivity contribution < 1.29 is 4.92 Å². The molecule has 0 aromatic heterocycles. The second-order valence-electron chi connectivity index (χ2n) is 9.17. The van der Waals surface area contributed by atoms with Crippen molar-refractivity contribution in [2.75, 3.05) is 19.6 Å². The summed E-state index contributed by atoms with van der Waals surface area (Å²) in [6.07, 6.45) is 9.46. The number of aryl methyl sites for hydroxylation is 1. The molecule has 5 rings (SSSR count). The maximum Gasteiger partial charge on any atom is 0.272 e. The molecule has 5 heteroatoms. The maximum absolute atomic E-state index is 11.2. The molecule has 35 heavy (non-hydrogen) atoms. The Balaban J connectivity index is 0.00000289. The van der Waals surface area contributed by atoms with E-state index >= 15 is 0 Å². The summed E-state index contributed by atoms with van der Waals surface area (Å²) < 4.78 is 0. The summed E-state index contributed by atoms with van der Waals surface area (Å²) in [6.45, 7) is 3.20. The van der Waals surface area contributed by atoms with Crippen molar-refractivity contribution in [3.63, 3.8) is 0 Å². The zero-order valence-corrected chi connectivity index (χ0v) is 20.7. The molecule has 0 bridgehead atoms. The van der Waals surface area contributed by atoms with Gasteiger partial charge in [0.2, 0.25) is 0 Å². The number of rotatable bonds is 6. The molecule has 0 radical (unpaired) electrons. The van der Waals surface area contributed by atoms with Gasteiger partial charge in [0, 0.05) is 24.7 Å². The third-order valence-electron chi connectivity index (χ3n) is 7.07. The van der Waals surface area contributed by atoms with E-state index in [1.807, 2.05) is 12.1 Å². The Morgan fingerprint density at radius 2 is 1.34 bits per heavy atom. The highest BCUT2D eigenvalue weighted by Crippen LogP contribution is 2.38. The number of para-hydroxylation sites is 1. The molecule has 0 unspecified atom stereocenters. The predicted molar refractivity (Wildman–Crippen MR) is 147 cm³/mol. The molecule has 1 aliphatic carbocycles.